The van der Waals surface area contributed by atoms with Crippen molar-refractivity contribution in [3.8, 4) is 10.6 Å². The van der Waals surface area contributed by atoms with Crippen LogP contribution in [0.15, 0.2) is 42.5 Å². The van der Waals surface area contributed by atoms with E-state index < -0.39 is 6.04 Å². The molecule has 0 spiro atoms. The van der Waals surface area contributed by atoms with E-state index in [0.29, 0.717) is 5.69 Å². The molecule has 6 nitrogen and oxygen atoms in total. The summed E-state index contributed by atoms with van der Waals surface area (Å²) < 4.78 is 1.14. The topological polar surface area (TPSA) is 70.6 Å². The normalized spacial score (nSPS) is 21.5. The summed E-state index contributed by atoms with van der Waals surface area (Å²) in [5.41, 5.74) is 3.70. The van der Waals surface area contributed by atoms with Gasteiger partial charge in [-0.3, -0.25) is 14.4 Å². The van der Waals surface area contributed by atoms with Crippen LogP contribution in [0.1, 0.15) is 82.6 Å². The molecule has 1 atom stereocenters. The quantitative estimate of drug-likeness (QED) is 0.256. The molecule has 3 aromatic rings. The molecule has 2 heterocycles. The first-order chi connectivity index (χ1) is 19.0. The maximum absolute atomic E-state index is 13.9. The van der Waals surface area contributed by atoms with Crippen molar-refractivity contribution in [1.82, 2.24) is 9.88 Å². The van der Waals surface area contributed by atoms with Gasteiger partial charge in [-0.1, -0.05) is 51.0 Å². The smallest absolute Gasteiger partial charge is 0.257 e. The Bertz CT molecular complexity index is 1370. The molecule has 204 valence electrons. The van der Waals surface area contributed by atoms with Crippen molar-refractivity contribution in [1.29, 1.82) is 0 Å². The maximum Gasteiger partial charge on any atom is 0.257 e. The largest absolute Gasteiger partial charge is 0.327 e. The minimum absolute atomic E-state index is 0.0177. The van der Waals surface area contributed by atoms with Gasteiger partial charge in [0.05, 0.1) is 22.3 Å². The Labute approximate surface area is 234 Å². The lowest BCUT2D eigenvalue weighted by atomic mass is 9.87. The van der Waals surface area contributed by atoms with Crippen LogP contribution in [0.3, 0.4) is 0 Å². The number of carbonyl (C=O) groups excluding carboxylic acids is 3. The summed E-state index contributed by atoms with van der Waals surface area (Å²) in [6.07, 6.45) is 11.5. The lowest BCUT2D eigenvalue weighted by molar-refractivity contribution is -0.146. The van der Waals surface area contributed by atoms with E-state index in [-0.39, 0.29) is 36.1 Å². The van der Waals surface area contributed by atoms with Gasteiger partial charge in [-0.15, -0.1) is 11.3 Å². The van der Waals surface area contributed by atoms with Gasteiger partial charge in [0, 0.05) is 17.5 Å². The van der Waals surface area contributed by atoms with E-state index in [1.165, 1.54) is 29.7 Å². The van der Waals surface area contributed by atoms with Crippen molar-refractivity contribution < 1.29 is 14.4 Å². The predicted molar refractivity (Wildman–Crippen MR) is 156 cm³/mol. The molecule has 1 unspecified atom stereocenters. The van der Waals surface area contributed by atoms with Crippen LogP contribution < -0.4 is 4.90 Å². The van der Waals surface area contributed by atoms with E-state index in [1.807, 2.05) is 35.2 Å². The third kappa shape index (κ3) is 5.25. The van der Waals surface area contributed by atoms with Crippen LogP contribution in [-0.4, -0.2) is 39.7 Å². The van der Waals surface area contributed by atoms with Crippen LogP contribution in [-0.2, 0) is 14.4 Å². The predicted octanol–water partition coefficient (Wildman–Crippen LogP) is 7.04. The number of nitrogens with zero attached hydrogens (tertiary/aromatic N) is 3. The molecule has 2 saturated carbocycles. The third-order valence-corrected chi connectivity index (χ3v) is 9.87. The van der Waals surface area contributed by atoms with Crippen LogP contribution in [0.4, 0.5) is 5.69 Å². The van der Waals surface area contributed by atoms with Crippen LogP contribution in [0, 0.1) is 12.8 Å². The van der Waals surface area contributed by atoms with Gasteiger partial charge in [-0.25, -0.2) is 9.88 Å². The molecule has 2 aromatic carbocycles. The molecule has 6 rings (SSSR count). The van der Waals surface area contributed by atoms with Crippen molar-refractivity contribution in [2.75, 3.05) is 4.90 Å². The second-order valence-corrected chi connectivity index (χ2v) is 12.6. The highest BCUT2D eigenvalue weighted by atomic mass is 32.1. The summed E-state index contributed by atoms with van der Waals surface area (Å²) in [5.74, 6) is -0.383. The SMILES string of the molecule is Cc1ccc2nc(-c3ccc(N4C(=O)CC(N(C(=O)C5CCCCC5)C5CCCCCC5)C4=O)cc3)sc2c1. The van der Waals surface area contributed by atoms with Gasteiger partial charge >= 0.3 is 0 Å². The number of benzene rings is 2. The molecule has 3 fully saturated rings. The van der Waals surface area contributed by atoms with Crippen molar-refractivity contribution in [3.63, 3.8) is 0 Å². The Morgan fingerprint density at radius 2 is 1.56 bits per heavy atom. The summed E-state index contributed by atoms with van der Waals surface area (Å²) in [5, 5.41) is 0.914. The second-order valence-electron chi connectivity index (χ2n) is 11.6. The average Bonchev–Trinajstić information content (AvgIpc) is 3.37. The number of thiazole rings is 1. The summed E-state index contributed by atoms with van der Waals surface area (Å²) in [6.45, 7) is 2.07. The molecule has 0 radical (unpaired) electrons. The summed E-state index contributed by atoms with van der Waals surface area (Å²) in [7, 11) is 0. The number of anilines is 1. The molecule has 0 N–H and O–H groups in total. The van der Waals surface area contributed by atoms with Gasteiger partial charge in [0.2, 0.25) is 11.8 Å². The fourth-order valence-electron chi connectivity index (χ4n) is 6.70. The number of aryl methyl sites for hydroxylation is 1. The van der Waals surface area contributed by atoms with Crippen LogP contribution in [0.25, 0.3) is 20.8 Å². The summed E-state index contributed by atoms with van der Waals surface area (Å²) in [4.78, 5) is 49.1. The van der Waals surface area contributed by atoms with Gasteiger partial charge in [0.15, 0.2) is 0 Å². The van der Waals surface area contributed by atoms with E-state index in [2.05, 4.69) is 19.1 Å². The number of rotatable bonds is 5. The molecular weight excluding hydrogens is 506 g/mol. The van der Waals surface area contributed by atoms with Gasteiger partial charge < -0.3 is 4.90 Å². The highest BCUT2D eigenvalue weighted by Gasteiger charge is 2.47. The number of aromatic nitrogens is 1. The Kier molecular flexibility index (Phi) is 7.52. The summed E-state index contributed by atoms with van der Waals surface area (Å²) >= 11 is 1.64. The van der Waals surface area contributed by atoms with E-state index in [4.69, 9.17) is 4.98 Å². The van der Waals surface area contributed by atoms with Crippen molar-refractivity contribution in [3.05, 3.63) is 48.0 Å². The molecule has 1 aliphatic heterocycles. The van der Waals surface area contributed by atoms with Gasteiger partial charge in [-0.2, -0.15) is 0 Å². The van der Waals surface area contributed by atoms with E-state index in [9.17, 15) is 14.4 Å². The average molecular weight is 544 g/mol. The lowest BCUT2D eigenvalue weighted by Gasteiger charge is -2.38. The molecule has 2 aliphatic carbocycles. The number of carbonyl (C=O) groups is 3. The highest BCUT2D eigenvalue weighted by Crippen LogP contribution is 2.36. The van der Waals surface area contributed by atoms with Crippen molar-refractivity contribution >= 4 is 45.0 Å². The summed E-state index contributed by atoms with van der Waals surface area (Å²) in [6, 6.07) is 13.1. The molecule has 39 heavy (non-hydrogen) atoms. The lowest BCUT2D eigenvalue weighted by Crippen LogP contribution is -2.52. The fourth-order valence-corrected chi connectivity index (χ4v) is 7.77. The third-order valence-electron chi connectivity index (χ3n) is 8.80. The first-order valence-electron chi connectivity index (χ1n) is 14.7. The van der Waals surface area contributed by atoms with E-state index >= 15 is 0 Å². The van der Waals surface area contributed by atoms with E-state index in [1.54, 1.807) is 11.3 Å². The first-order valence-corrected chi connectivity index (χ1v) is 15.5. The molecule has 1 aromatic heterocycles. The minimum atomic E-state index is -0.692. The highest BCUT2D eigenvalue weighted by molar-refractivity contribution is 7.21. The van der Waals surface area contributed by atoms with Gasteiger partial charge in [0.1, 0.15) is 11.0 Å². The zero-order valence-corrected chi connectivity index (χ0v) is 23.5. The molecule has 1 saturated heterocycles. The molecule has 3 amide bonds. The maximum atomic E-state index is 13.9. The Hall–Kier alpha value is -3.06. The van der Waals surface area contributed by atoms with Crippen molar-refractivity contribution in [2.45, 2.75) is 96.1 Å². The van der Waals surface area contributed by atoms with Gasteiger partial charge in [0.25, 0.3) is 5.91 Å². The van der Waals surface area contributed by atoms with Crippen LogP contribution in [0.5, 0.6) is 0 Å². The van der Waals surface area contributed by atoms with Crippen LogP contribution in [0.2, 0.25) is 0 Å². The molecular formula is C32H37N3O3S. The monoisotopic (exact) mass is 543 g/mol. The second kappa shape index (κ2) is 11.2. The molecule has 0 bridgehead atoms. The van der Waals surface area contributed by atoms with Gasteiger partial charge in [-0.05, 0) is 74.6 Å². The minimum Gasteiger partial charge on any atom is -0.327 e. The van der Waals surface area contributed by atoms with E-state index in [0.717, 1.165) is 72.2 Å². The van der Waals surface area contributed by atoms with Crippen LogP contribution >= 0.6 is 11.3 Å². The number of hydrogen-bond acceptors (Lipinski definition) is 5. The standard InChI is InChI=1S/C32H37N3O3S/c1-21-13-18-26-28(19-21)39-30(33-26)22-14-16-25(17-15-22)35-29(36)20-27(32(35)38)34(24-11-7-2-3-8-12-24)31(37)23-9-5-4-6-10-23/h13-19,23-24,27H,2-12,20H2,1H3. The number of fused-ring (bicyclic) bond motifs is 1. The first kappa shape index (κ1) is 26.2. The zero-order valence-electron chi connectivity index (χ0n) is 22.7. The fraction of sp³-hybridized carbons (Fsp3) is 0.500. The number of hydrogen-bond donors (Lipinski definition) is 0. The Balaban J connectivity index is 1.25. The molecule has 3 aliphatic rings. The molecule has 7 heteroatoms. The zero-order chi connectivity index (χ0) is 26.9. The Morgan fingerprint density at radius 1 is 0.897 bits per heavy atom. The number of imide groups is 1. The number of amides is 3. The Morgan fingerprint density at radius 3 is 2.28 bits per heavy atom. The van der Waals surface area contributed by atoms with Crippen molar-refractivity contribution in [2.24, 2.45) is 5.92 Å².